The van der Waals surface area contributed by atoms with E-state index >= 15 is 0 Å². The lowest BCUT2D eigenvalue weighted by molar-refractivity contribution is 0.0583. The Labute approximate surface area is 82.9 Å². The Morgan fingerprint density at radius 2 is 2.07 bits per heavy atom. The molecule has 0 aliphatic carbocycles. The molecule has 1 atom stereocenters. The minimum atomic E-state index is -0.667. The van der Waals surface area contributed by atoms with Crippen LogP contribution in [0.15, 0.2) is 24.3 Å². The van der Waals surface area contributed by atoms with Gasteiger partial charge in [-0.15, -0.1) is 0 Å². The predicted molar refractivity (Wildman–Crippen MR) is 52.7 cm³/mol. The Morgan fingerprint density at radius 3 is 2.57 bits per heavy atom. The lowest BCUT2D eigenvalue weighted by Crippen LogP contribution is -2.33. The van der Waals surface area contributed by atoms with E-state index in [2.05, 4.69) is 4.84 Å². The highest BCUT2D eigenvalue weighted by Crippen LogP contribution is 2.30. The first-order valence-electron chi connectivity index (χ1n) is 4.35. The fourth-order valence-corrected chi connectivity index (χ4v) is 1.38. The summed E-state index contributed by atoms with van der Waals surface area (Å²) >= 11 is 0. The van der Waals surface area contributed by atoms with Gasteiger partial charge in [0.2, 0.25) is 0 Å². The fraction of sp³-hybridized carbons (Fsp3) is 0.400. The van der Waals surface area contributed by atoms with E-state index in [-0.39, 0.29) is 19.0 Å². The number of phenolic OH excluding ortho intramolecular Hbond substituents is 1. The van der Waals surface area contributed by atoms with Crippen LogP contribution < -0.4 is 5.90 Å². The molecule has 0 saturated carbocycles. The second-order valence-electron chi connectivity index (χ2n) is 3.55. The number of hydrogen-bond donors (Lipinski definition) is 3. The number of phenols is 1. The summed E-state index contributed by atoms with van der Waals surface area (Å²) in [5.41, 5.74) is -0.0342. The Hall–Kier alpha value is -1.10. The zero-order valence-corrected chi connectivity index (χ0v) is 8.10. The van der Waals surface area contributed by atoms with E-state index in [9.17, 15) is 10.2 Å². The van der Waals surface area contributed by atoms with Crippen LogP contribution >= 0.6 is 0 Å². The Kier molecular flexibility index (Phi) is 3.46. The molecule has 1 aromatic carbocycles. The number of hydrogen-bond acceptors (Lipinski definition) is 4. The highest BCUT2D eigenvalue weighted by Gasteiger charge is 2.28. The summed E-state index contributed by atoms with van der Waals surface area (Å²) in [5, 5.41) is 18.8. The molecule has 0 fully saturated rings. The Bertz CT molecular complexity index is 303. The SMILES string of the molecule is CC(CO)(CON)c1ccccc1O. The molecule has 1 aromatic rings. The highest BCUT2D eigenvalue weighted by molar-refractivity contribution is 5.38. The van der Waals surface area contributed by atoms with Gasteiger partial charge in [-0.25, -0.2) is 5.90 Å². The molecule has 4 nitrogen and oxygen atoms in total. The topological polar surface area (TPSA) is 75.7 Å². The van der Waals surface area contributed by atoms with Gasteiger partial charge in [0, 0.05) is 11.0 Å². The van der Waals surface area contributed by atoms with Gasteiger partial charge in [0.1, 0.15) is 5.75 Å². The van der Waals surface area contributed by atoms with Crippen LogP contribution in [0.25, 0.3) is 0 Å². The molecule has 14 heavy (non-hydrogen) atoms. The van der Waals surface area contributed by atoms with E-state index in [0.717, 1.165) is 0 Å². The maximum absolute atomic E-state index is 9.60. The van der Waals surface area contributed by atoms with Crippen molar-refractivity contribution in [3.8, 4) is 5.75 Å². The number of rotatable bonds is 4. The van der Waals surface area contributed by atoms with Crippen LogP contribution in [0.5, 0.6) is 5.75 Å². The summed E-state index contributed by atoms with van der Waals surface area (Å²) < 4.78 is 0. The quantitative estimate of drug-likeness (QED) is 0.615. The van der Waals surface area contributed by atoms with Crippen molar-refractivity contribution < 1.29 is 15.1 Å². The van der Waals surface area contributed by atoms with E-state index in [1.54, 1.807) is 31.2 Å². The molecule has 0 bridgehead atoms. The third-order valence-electron chi connectivity index (χ3n) is 2.31. The summed E-state index contributed by atoms with van der Waals surface area (Å²) in [4.78, 5) is 4.54. The van der Waals surface area contributed by atoms with Crippen molar-refractivity contribution in [1.82, 2.24) is 0 Å². The minimum Gasteiger partial charge on any atom is -0.508 e. The van der Waals surface area contributed by atoms with Gasteiger partial charge in [0.25, 0.3) is 0 Å². The summed E-state index contributed by atoms with van der Waals surface area (Å²) in [6.07, 6.45) is 0. The average Bonchev–Trinajstić information content (AvgIpc) is 2.18. The van der Waals surface area contributed by atoms with Crippen LogP contribution in [0.1, 0.15) is 12.5 Å². The molecule has 0 aromatic heterocycles. The molecular weight excluding hydrogens is 182 g/mol. The summed E-state index contributed by atoms with van der Waals surface area (Å²) in [6, 6.07) is 6.82. The van der Waals surface area contributed by atoms with Crippen molar-refractivity contribution >= 4 is 0 Å². The molecule has 0 aliphatic heterocycles. The first kappa shape index (κ1) is 11.0. The molecule has 0 spiro atoms. The van der Waals surface area contributed by atoms with Crippen molar-refractivity contribution in [2.75, 3.05) is 13.2 Å². The second-order valence-corrected chi connectivity index (χ2v) is 3.55. The molecule has 4 N–H and O–H groups in total. The first-order chi connectivity index (χ1) is 6.64. The van der Waals surface area contributed by atoms with E-state index < -0.39 is 5.41 Å². The molecule has 0 saturated heterocycles. The van der Waals surface area contributed by atoms with Gasteiger partial charge < -0.3 is 15.1 Å². The van der Waals surface area contributed by atoms with E-state index in [1.165, 1.54) is 0 Å². The second kappa shape index (κ2) is 4.41. The Morgan fingerprint density at radius 1 is 1.43 bits per heavy atom. The van der Waals surface area contributed by atoms with Crippen LogP contribution in [0.2, 0.25) is 0 Å². The highest BCUT2D eigenvalue weighted by atomic mass is 16.6. The monoisotopic (exact) mass is 197 g/mol. The van der Waals surface area contributed by atoms with Crippen LogP contribution in [0.4, 0.5) is 0 Å². The molecule has 1 rings (SSSR count). The van der Waals surface area contributed by atoms with Gasteiger partial charge in [0.05, 0.1) is 13.2 Å². The van der Waals surface area contributed by atoms with Crippen LogP contribution in [0, 0.1) is 0 Å². The zero-order chi connectivity index (χ0) is 10.6. The molecule has 0 amide bonds. The number of para-hydroxylation sites is 1. The standard InChI is InChI=1S/C10H15NO3/c1-10(6-12,7-14-11)8-4-2-3-5-9(8)13/h2-5,12-13H,6-7,11H2,1H3. The number of benzene rings is 1. The molecule has 0 aliphatic rings. The van der Waals surface area contributed by atoms with E-state index in [0.29, 0.717) is 5.56 Å². The normalized spacial score (nSPS) is 15.1. The van der Waals surface area contributed by atoms with Crippen molar-refractivity contribution in [1.29, 1.82) is 0 Å². The van der Waals surface area contributed by atoms with Gasteiger partial charge in [-0.05, 0) is 6.07 Å². The molecule has 1 unspecified atom stereocenters. The number of aliphatic hydroxyl groups excluding tert-OH is 1. The van der Waals surface area contributed by atoms with Crippen molar-refractivity contribution in [3.63, 3.8) is 0 Å². The lowest BCUT2D eigenvalue weighted by Gasteiger charge is -2.26. The van der Waals surface area contributed by atoms with E-state index in [4.69, 9.17) is 5.90 Å². The average molecular weight is 197 g/mol. The van der Waals surface area contributed by atoms with Crippen LogP contribution in [-0.2, 0) is 10.3 Å². The maximum atomic E-state index is 9.60. The van der Waals surface area contributed by atoms with E-state index in [1.807, 2.05) is 0 Å². The van der Waals surface area contributed by atoms with Gasteiger partial charge in [-0.1, -0.05) is 25.1 Å². The van der Waals surface area contributed by atoms with Crippen molar-refractivity contribution in [3.05, 3.63) is 29.8 Å². The summed E-state index contributed by atoms with van der Waals surface area (Å²) in [6.45, 7) is 1.79. The molecular formula is C10H15NO3. The summed E-state index contributed by atoms with van der Waals surface area (Å²) in [7, 11) is 0. The largest absolute Gasteiger partial charge is 0.508 e. The zero-order valence-electron chi connectivity index (χ0n) is 8.10. The third kappa shape index (κ3) is 2.04. The molecule has 0 radical (unpaired) electrons. The fourth-order valence-electron chi connectivity index (χ4n) is 1.38. The number of aliphatic hydroxyl groups is 1. The minimum absolute atomic E-state index is 0.137. The van der Waals surface area contributed by atoms with Gasteiger partial charge in [-0.3, -0.25) is 0 Å². The first-order valence-corrected chi connectivity index (χ1v) is 4.35. The van der Waals surface area contributed by atoms with Gasteiger partial charge in [-0.2, -0.15) is 0 Å². The Balaban J connectivity index is 3.05. The predicted octanol–water partition coefficient (Wildman–Crippen LogP) is 0.532. The van der Waals surface area contributed by atoms with Crippen molar-refractivity contribution in [2.24, 2.45) is 5.90 Å². The van der Waals surface area contributed by atoms with Crippen molar-refractivity contribution in [2.45, 2.75) is 12.3 Å². The van der Waals surface area contributed by atoms with Gasteiger partial charge >= 0.3 is 0 Å². The third-order valence-corrected chi connectivity index (χ3v) is 2.31. The number of aromatic hydroxyl groups is 1. The lowest BCUT2D eigenvalue weighted by atomic mass is 9.83. The maximum Gasteiger partial charge on any atom is 0.119 e. The smallest absolute Gasteiger partial charge is 0.119 e. The van der Waals surface area contributed by atoms with Crippen LogP contribution in [0.3, 0.4) is 0 Å². The molecule has 4 heteroatoms. The molecule has 0 heterocycles. The van der Waals surface area contributed by atoms with Gasteiger partial charge in [0.15, 0.2) is 0 Å². The molecule has 78 valence electrons. The summed E-state index contributed by atoms with van der Waals surface area (Å²) in [5.74, 6) is 5.12. The number of nitrogens with two attached hydrogens (primary N) is 1. The van der Waals surface area contributed by atoms with Crippen LogP contribution in [-0.4, -0.2) is 23.4 Å².